The maximum absolute atomic E-state index is 11.7. The Bertz CT molecular complexity index is 728. The number of aromatic nitrogens is 1. The molecule has 1 aliphatic rings. The number of piperidine rings is 1. The fourth-order valence-electron chi connectivity index (χ4n) is 3.79. The molecule has 1 fully saturated rings. The summed E-state index contributed by atoms with van der Waals surface area (Å²) in [6.07, 6.45) is 6.67. The van der Waals surface area contributed by atoms with Crippen molar-refractivity contribution in [1.82, 2.24) is 15.6 Å². The summed E-state index contributed by atoms with van der Waals surface area (Å²) in [5.41, 5.74) is 0.671. The Morgan fingerprint density at radius 3 is 2.52 bits per heavy atom. The monoisotopic (exact) mass is 573 g/mol. The van der Waals surface area contributed by atoms with Crippen LogP contribution >= 0.6 is 24.0 Å². The Balaban J connectivity index is 0.00000544. The van der Waals surface area contributed by atoms with Gasteiger partial charge >= 0.3 is 5.97 Å². The summed E-state index contributed by atoms with van der Waals surface area (Å²) in [5, 5.41) is 6.98. The van der Waals surface area contributed by atoms with Gasteiger partial charge in [-0.05, 0) is 72.4 Å². The number of pyridine rings is 1. The van der Waals surface area contributed by atoms with Gasteiger partial charge < -0.3 is 20.3 Å². The lowest BCUT2D eigenvalue weighted by atomic mass is 10.1. The summed E-state index contributed by atoms with van der Waals surface area (Å²) in [5.74, 6) is 1.89. The number of carbonyl (C=O) groups is 1. The maximum Gasteiger partial charge on any atom is 0.306 e. The molecule has 1 aliphatic heterocycles. The van der Waals surface area contributed by atoms with Crippen LogP contribution in [0, 0.1) is 6.92 Å². The third-order valence-electron chi connectivity index (χ3n) is 5.36. The summed E-state index contributed by atoms with van der Waals surface area (Å²) < 4.78 is 5.35. The smallest absolute Gasteiger partial charge is 0.306 e. The van der Waals surface area contributed by atoms with Crippen molar-refractivity contribution in [2.75, 3.05) is 31.1 Å². The summed E-state index contributed by atoms with van der Waals surface area (Å²) in [6, 6.07) is 6.65. The van der Waals surface area contributed by atoms with Crippen molar-refractivity contribution in [2.24, 2.45) is 4.99 Å². The van der Waals surface area contributed by atoms with Gasteiger partial charge in [-0.15, -0.1) is 24.0 Å². The highest BCUT2D eigenvalue weighted by Crippen LogP contribution is 2.18. The van der Waals surface area contributed by atoms with E-state index in [1.54, 1.807) is 0 Å². The van der Waals surface area contributed by atoms with E-state index in [0.717, 1.165) is 82.2 Å². The molecule has 2 rings (SSSR count). The Kier molecular flexibility index (Phi) is 13.7. The van der Waals surface area contributed by atoms with Crippen molar-refractivity contribution in [3.8, 4) is 0 Å². The molecular formula is C25H44IN5O2. The molecule has 0 saturated carbocycles. The molecule has 0 bridgehead atoms. The topological polar surface area (TPSA) is 78.8 Å². The van der Waals surface area contributed by atoms with Crippen LogP contribution in [-0.2, 0) is 9.53 Å². The molecule has 8 heteroatoms. The Morgan fingerprint density at radius 2 is 1.88 bits per heavy atom. The lowest BCUT2D eigenvalue weighted by molar-refractivity contribution is -0.154. The van der Waals surface area contributed by atoms with Crippen LogP contribution < -0.4 is 15.5 Å². The average molecular weight is 574 g/mol. The fourth-order valence-corrected chi connectivity index (χ4v) is 3.79. The summed E-state index contributed by atoms with van der Waals surface area (Å²) in [6.45, 7) is 13.5. The van der Waals surface area contributed by atoms with Crippen LogP contribution in [0.2, 0.25) is 0 Å². The molecule has 1 saturated heterocycles. The van der Waals surface area contributed by atoms with Gasteiger partial charge in [0.05, 0.1) is 0 Å². The molecule has 0 radical (unpaired) electrons. The predicted molar refractivity (Wildman–Crippen MR) is 148 cm³/mol. The zero-order valence-electron chi connectivity index (χ0n) is 21.2. The minimum atomic E-state index is -0.393. The molecule has 0 aromatic carbocycles. The number of unbranched alkanes of at least 4 members (excludes halogenated alkanes) is 3. The molecule has 0 amide bonds. The first-order valence-electron chi connectivity index (χ1n) is 12.2. The molecule has 7 nitrogen and oxygen atoms in total. The highest BCUT2D eigenvalue weighted by molar-refractivity contribution is 14.0. The number of aryl methyl sites for hydroxylation is 1. The number of aliphatic imine (C=N–C) groups is 1. The molecule has 33 heavy (non-hydrogen) atoms. The largest absolute Gasteiger partial charge is 0.460 e. The van der Waals surface area contributed by atoms with Gasteiger partial charge in [0, 0.05) is 44.3 Å². The van der Waals surface area contributed by atoms with E-state index in [1.165, 1.54) is 0 Å². The number of rotatable bonds is 10. The number of esters is 1. The van der Waals surface area contributed by atoms with Gasteiger partial charge in [-0.2, -0.15) is 0 Å². The second-order valence-corrected chi connectivity index (χ2v) is 9.55. The zero-order valence-corrected chi connectivity index (χ0v) is 23.5. The van der Waals surface area contributed by atoms with E-state index in [-0.39, 0.29) is 29.9 Å². The number of hydrogen-bond acceptors (Lipinski definition) is 5. The average Bonchev–Trinajstić information content (AvgIpc) is 2.72. The first kappa shape index (κ1) is 29.5. The molecule has 0 spiro atoms. The standard InChI is InChI=1S/C25H43N5O2.HI/c1-6-26-24(27-17-10-8-7-9-14-23(31)32-25(3,4)5)29-21-15-18-30(19-16-21)22-13-11-12-20(2)28-22;/h11-13,21H,6-10,14-19H2,1-5H3,(H2,26,27,29);1H. The van der Waals surface area contributed by atoms with Crippen LogP contribution in [0.1, 0.15) is 78.3 Å². The first-order valence-corrected chi connectivity index (χ1v) is 12.2. The number of anilines is 1. The molecular weight excluding hydrogens is 529 g/mol. The van der Waals surface area contributed by atoms with Crippen molar-refractivity contribution in [3.63, 3.8) is 0 Å². The third-order valence-corrected chi connectivity index (χ3v) is 5.36. The van der Waals surface area contributed by atoms with Crippen LogP contribution in [0.5, 0.6) is 0 Å². The van der Waals surface area contributed by atoms with E-state index in [1.807, 2.05) is 33.8 Å². The van der Waals surface area contributed by atoms with E-state index in [0.29, 0.717) is 12.5 Å². The number of nitrogens with zero attached hydrogens (tertiary/aromatic N) is 3. The van der Waals surface area contributed by atoms with Crippen molar-refractivity contribution in [3.05, 3.63) is 23.9 Å². The molecule has 0 unspecified atom stereocenters. The number of ether oxygens (including phenoxy) is 1. The first-order chi connectivity index (χ1) is 15.3. The van der Waals surface area contributed by atoms with E-state index >= 15 is 0 Å². The molecule has 0 atom stereocenters. The van der Waals surface area contributed by atoms with Crippen molar-refractivity contribution in [2.45, 2.75) is 91.2 Å². The maximum atomic E-state index is 11.7. The van der Waals surface area contributed by atoms with Crippen molar-refractivity contribution in [1.29, 1.82) is 0 Å². The Hall–Kier alpha value is -1.58. The number of nitrogens with one attached hydrogen (secondary N) is 2. The molecule has 2 heterocycles. The summed E-state index contributed by atoms with van der Waals surface area (Å²) >= 11 is 0. The highest BCUT2D eigenvalue weighted by Gasteiger charge is 2.21. The number of guanidine groups is 1. The van der Waals surface area contributed by atoms with Gasteiger partial charge in [0.1, 0.15) is 11.4 Å². The normalized spacial score (nSPS) is 15.1. The van der Waals surface area contributed by atoms with Crippen LogP contribution in [0.25, 0.3) is 0 Å². The van der Waals surface area contributed by atoms with Crippen LogP contribution in [-0.4, -0.2) is 54.7 Å². The minimum Gasteiger partial charge on any atom is -0.460 e. The second-order valence-electron chi connectivity index (χ2n) is 9.55. The third kappa shape index (κ3) is 12.5. The van der Waals surface area contributed by atoms with Crippen LogP contribution in [0.15, 0.2) is 23.2 Å². The number of halogens is 1. The van der Waals surface area contributed by atoms with Gasteiger partial charge in [0.15, 0.2) is 5.96 Å². The minimum absolute atomic E-state index is 0. The fraction of sp³-hybridized carbons (Fsp3) is 0.720. The van der Waals surface area contributed by atoms with Gasteiger partial charge in [-0.3, -0.25) is 9.79 Å². The molecule has 188 valence electrons. The van der Waals surface area contributed by atoms with Gasteiger partial charge in [-0.25, -0.2) is 4.98 Å². The number of hydrogen-bond donors (Lipinski definition) is 2. The van der Waals surface area contributed by atoms with Gasteiger partial charge in [0.2, 0.25) is 0 Å². The zero-order chi connectivity index (χ0) is 23.4. The van der Waals surface area contributed by atoms with E-state index in [9.17, 15) is 4.79 Å². The quantitative estimate of drug-likeness (QED) is 0.137. The lowest BCUT2D eigenvalue weighted by Gasteiger charge is -2.34. The SMILES string of the molecule is CCNC(=NCCCCCCC(=O)OC(C)(C)C)NC1CCN(c2cccc(C)n2)CC1.I. The molecule has 1 aromatic rings. The van der Waals surface area contributed by atoms with E-state index < -0.39 is 5.60 Å². The highest BCUT2D eigenvalue weighted by atomic mass is 127. The molecule has 0 aliphatic carbocycles. The van der Waals surface area contributed by atoms with E-state index in [2.05, 4.69) is 39.6 Å². The Labute approximate surface area is 217 Å². The van der Waals surface area contributed by atoms with Crippen LogP contribution in [0.4, 0.5) is 5.82 Å². The van der Waals surface area contributed by atoms with Crippen molar-refractivity contribution < 1.29 is 9.53 Å². The molecule has 1 aromatic heterocycles. The lowest BCUT2D eigenvalue weighted by Crippen LogP contribution is -2.49. The second kappa shape index (κ2) is 15.3. The summed E-state index contributed by atoms with van der Waals surface area (Å²) in [7, 11) is 0. The predicted octanol–water partition coefficient (Wildman–Crippen LogP) is 4.82. The van der Waals surface area contributed by atoms with Crippen molar-refractivity contribution >= 4 is 41.7 Å². The summed E-state index contributed by atoms with van der Waals surface area (Å²) in [4.78, 5) is 23.5. The molecule has 2 N–H and O–H groups in total. The van der Waals surface area contributed by atoms with E-state index in [4.69, 9.17) is 9.73 Å². The number of carbonyl (C=O) groups excluding carboxylic acids is 1. The van der Waals surface area contributed by atoms with Gasteiger partial charge in [-0.1, -0.05) is 18.9 Å². The van der Waals surface area contributed by atoms with Gasteiger partial charge in [0.25, 0.3) is 0 Å². The Morgan fingerprint density at radius 1 is 1.18 bits per heavy atom. The van der Waals surface area contributed by atoms with Crippen LogP contribution in [0.3, 0.4) is 0 Å².